The number of fused-ring (bicyclic) bond motifs is 2. The Morgan fingerprint density at radius 1 is 0.236 bits per heavy atom. The third kappa shape index (κ3) is 10.7. The number of nitrogens with zero attached hydrogens (tertiary/aromatic N) is 2. The van der Waals surface area contributed by atoms with Gasteiger partial charge in [-0.15, -0.1) is 0 Å². The molecule has 0 fully saturated rings. The second-order valence-corrected chi connectivity index (χ2v) is 21.5. The molecule has 14 rings (SSSR count). The molecule has 0 saturated carbocycles. The van der Waals surface area contributed by atoms with Gasteiger partial charge in [-0.1, -0.05) is 169 Å². The number of carbonyl (C=O) groups excluding carboxylic acids is 4. The molecule has 0 N–H and O–H groups in total. The van der Waals surface area contributed by atoms with Gasteiger partial charge in [0.2, 0.25) is 0 Å². The summed E-state index contributed by atoms with van der Waals surface area (Å²) in [6, 6.07) is 85.1. The van der Waals surface area contributed by atoms with Crippen molar-refractivity contribution in [1.29, 1.82) is 0 Å². The zero-order chi connectivity index (χ0) is 60.5. The van der Waals surface area contributed by atoms with E-state index in [4.69, 9.17) is 23.7 Å². The van der Waals surface area contributed by atoms with Crippen molar-refractivity contribution in [3.05, 3.63) is 312 Å². The molecule has 2 aliphatic rings. The lowest BCUT2D eigenvalue weighted by Crippen LogP contribution is -2.29. The van der Waals surface area contributed by atoms with Gasteiger partial charge in [0.15, 0.2) is 23.0 Å². The van der Waals surface area contributed by atoms with Crippen LogP contribution in [0.5, 0.6) is 57.5 Å². The quantitative estimate of drug-likeness (QED) is 0.0871. The average Bonchev–Trinajstić information content (AvgIpc) is 2.77. The molecule has 0 atom stereocenters. The number of rotatable bonds is 16. The van der Waals surface area contributed by atoms with Crippen molar-refractivity contribution >= 4 is 35.0 Å². The van der Waals surface area contributed by atoms with Gasteiger partial charge in [0.1, 0.15) is 34.5 Å². The molecule has 12 aromatic rings. The smallest absolute Gasteiger partial charge is 0.266 e. The molecule has 428 valence electrons. The Balaban J connectivity index is 0.950. The summed E-state index contributed by atoms with van der Waals surface area (Å²) in [4.78, 5) is 61.8. The molecule has 4 amide bonds. The Hall–Kier alpha value is -12.1. The van der Waals surface area contributed by atoms with Gasteiger partial charge in [-0.3, -0.25) is 19.2 Å². The number of ether oxygens (including phenoxy) is 5. The molecule has 0 saturated heterocycles. The fourth-order valence-corrected chi connectivity index (χ4v) is 11.1. The van der Waals surface area contributed by atoms with E-state index in [9.17, 15) is 19.2 Å². The van der Waals surface area contributed by atoms with E-state index in [1.807, 2.05) is 208 Å². The third-order valence-corrected chi connectivity index (χ3v) is 15.6. The largest absolute Gasteiger partial charge is 0.457 e. The highest BCUT2D eigenvalue weighted by molar-refractivity contribution is 6.36. The second-order valence-electron chi connectivity index (χ2n) is 21.5. The van der Waals surface area contributed by atoms with Crippen molar-refractivity contribution in [3.8, 4) is 102 Å². The van der Waals surface area contributed by atoms with E-state index in [1.54, 1.807) is 84.9 Å². The number of hydrogen-bond donors (Lipinski definition) is 0. The summed E-state index contributed by atoms with van der Waals surface area (Å²) in [7, 11) is 0. The summed E-state index contributed by atoms with van der Waals surface area (Å²) in [5.74, 6) is 0.999. The molecule has 2 heterocycles. The maximum absolute atomic E-state index is 15.0. The summed E-state index contributed by atoms with van der Waals surface area (Å²) in [6.07, 6.45) is 0. The molecule has 0 bridgehead atoms. The first kappa shape index (κ1) is 54.8. The molecule has 0 spiro atoms. The molecule has 89 heavy (non-hydrogen) atoms. The zero-order valence-corrected chi connectivity index (χ0v) is 48.1. The van der Waals surface area contributed by atoms with E-state index >= 15 is 0 Å². The minimum Gasteiger partial charge on any atom is -0.457 e. The minimum absolute atomic E-state index is 0.0805. The van der Waals surface area contributed by atoms with E-state index in [2.05, 4.69) is 0 Å². The fourth-order valence-electron chi connectivity index (χ4n) is 11.1. The SMILES string of the molecule is Cc1ccc(-c2ccc3c(c2)C(=O)N(c2ccc(-c4ccc(-c5ccc(N6C(=O)c7ccc(-c8ccc(C)cc8)cc7C6=O)c(Oc6ccccc6)c5Oc5ccccc5)c(Oc5ccccc5)c4)c(Oc4ccccc4)c2Oc2ccccc2)C3=O)cc1. The van der Waals surface area contributed by atoms with E-state index in [0.29, 0.717) is 56.8 Å². The van der Waals surface area contributed by atoms with Crippen LogP contribution in [-0.4, -0.2) is 23.6 Å². The molecule has 0 radical (unpaired) electrons. The Bertz CT molecular complexity index is 4710. The predicted octanol–water partition coefficient (Wildman–Crippen LogP) is 19.5. The normalized spacial score (nSPS) is 12.4. The highest BCUT2D eigenvalue weighted by Crippen LogP contribution is 2.55. The Morgan fingerprint density at radius 3 is 0.944 bits per heavy atom. The molecule has 2 aliphatic heterocycles. The standard InChI is InChI=1S/C78H52N2O9/c1-49-28-32-51(33-29-49)53-36-40-64-66(46-53)77(83)79(75(64)81)68-44-42-61(71(86-57-20-10-4-11-21-57)73(68)88-59-24-14-6-15-25-59)55-38-39-62(70(48-55)85-56-18-8-3-9-19-56)63-43-45-69(74(89-60-26-16-7-17-27-60)72(63)87-58-22-12-5-13-23-58)80-76(82)65-41-37-54(47-67(65)78(80)84)52-34-30-50(2)31-35-52/h3-48H,1-2H3. The monoisotopic (exact) mass is 1160 g/mol. The zero-order valence-electron chi connectivity index (χ0n) is 48.1. The Labute approximate surface area is 513 Å². The maximum Gasteiger partial charge on any atom is 0.266 e. The van der Waals surface area contributed by atoms with Crippen LogP contribution in [0.4, 0.5) is 11.4 Å². The molecular weight excluding hydrogens is 1110 g/mol. The second kappa shape index (κ2) is 23.4. The van der Waals surface area contributed by atoms with Crippen molar-refractivity contribution in [2.45, 2.75) is 13.8 Å². The van der Waals surface area contributed by atoms with Crippen LogP contribution >= 0.6 is 0 Å². The lowest BCUT2D eigenvalue weighted by molar-refractivity contribution is 0.0909. The number of para-hydroxylation sites is 5. The molecule has 11 heteroatoms. The van der Waals surface area contributed by atoms with Gasteiger partial charge in [-0.25, -0.2) is 9.80 Å². The fraction of sp³-hybridized carbons (Fsp3) is 0.0256. The highest BCUT2D eigenvalue weighted by Gasteiger charge is 2.42. The summed E-state index contributed by atoms with van der Waals surface area (Å²) >= 11 is 0. The highest BCUT2D eigenvalue weighted by atomic mass is 16.5. The van der Waals surface area contributed by atoms with Crippen LogP contribution < -0.4 is 33.5 Å². The van der Waals surface area contributed by atoms with Crippen LogP contribution in [0, 0.1) is 13.8 Å². The van der Waals surface area contributed by atoms with E-state index in [0.717, 1.165) is 43.2 Å². The van der Waals surface area contributed by atoms with E-state index in [1.165, 1.54) is 0 Å². The van der Waals surface area contributed by atoms with Crippen molar-refractivity contribution < 1.29 is 42.9 Å². The van der Waals surface area contributed by atoms with Crippen molar-refractivity contribution in [2.75, 3.05) is 9.80 Å². The predicted molar refractivity (Wildman–Crippen MR) is 345 cm³/mol. The molecule has 12 aromatic carbocycles. The number of hydrogen-bond acceptors (Lipinski definition) is 9. The minimum atomic E-state index is -0.529. The van der Waals surface area contributed by atoms with Gasteiger partial charge in [-0.2, -0.15) is 0 Å². The molecule has 0 unspecified atom stereocenters. The van der Waals surface area contributed by atoms with Crippen LogP contribution in [0.15, 0.2) is 279 Å². The third-order valence-electron chi connectivity index (χ3n) is 15.6. The number of imide groups is 2. The lowest BCUT2D eigenvalue weighted by atomic mass is 9.96. The first-order valence-electron chi connectivity index (χ1n) is 28.9. The van der Waals surface area contributed by atoms with Crippen molar-refractivity contribution in [3.63, 3.8) is 0 Å². The van der Waals surface area contributed by atoms with Gasteiger partial charge >= 0.3 is 0 Å². The first-order chi connectivity index (χ1) is 43.6. The number of anilines is 2. The molecule has 0 aliphatic carbocycles. The Morgan fingerprint density at radius 2 is 0.539 bits per heavy atom. The topological polar surface area (TPSA) is 121 Å². The number of carbonyl (C=O) groups is 4. The van der Waals surface area contributed by atoms with Crippen LogP contribution in [0.25, 0.3) is 44.5 Å². The van der Waals surface area contributed by atoms with Crippen molar-refractivity contribution in [1.82, 2.24) is 0 Å². The van der Waals surface area contributed by atoms with Crippen LogP contribution in [0.2, 0.25) is 0 Å². The summed E-state index contributed by atoms with van der Waals surface area (Å²) in [6.45, 7) is 4.02. The number of aryl methyl sites for hydroxylation is 2. The van der Waals surface area contributed by atoms with Gasteiger partial charge < -0.3 is 23.7 Å². The number of amides is 4. The van der Waals surface area contributed by atoms with E-state index in [-0.39, 0.29) is 56.6 Å². The number of benzene rings is 12. The summed E-state index contributed by atoms with van der Waals surface area (Å²) in [5, 5.41) is 0. The average molecular weight is 1160 g/mol. The van der Waals surface area contributed by atoms with Crippen molar-refractivity contribution in [2.24, 2.45) is 0 Å². The van der Waals surface area contributed by atoms with Gasteiger partial charge in [0.05, 0.1) is 33.6 Å². The van der Waals surface area contributed by atoms with Crippen LogP contribution in [0.3, 0.4) is 0 Å². The van der Waals surface area contributed by atoms with E-state index < -0.39 is 23.6 Å². The molecule has 0 aromatic heterocycles. The molecule has 11 nitrogen and oxygen atoms in total. The summed E-state index contributed by atoms with van der Waals surface area (Å²) < 4.78 is 34.7. The van der Waals surface area contributed by atoms with Gasteiger partial charge in [0.25, 0.3) is 23.6 Å². The maximum atomic E-state index is 15.0. The van der Waals surface area contributed by atoms with Crippen LogP contribution in [-0.2, 0) is 0 Å². The van der Waals surface area contributed by atoms with Gasteiger partial charge in [0, 0.05) is 16.7 Å². The summed E-state index contributed by atoms with van der Waals surface area (Å²) in [5.41, 5.74) is 8.97. The first-order valence-corrected chi connectivity index (χ1v) is 28.9. The van der Waals surface area contributed by atoms with Gasteiger partial charge in [-0.05, 0) is 163 Å². The lowest BCUT2D eigenvalue weighted by Gasteiger charge is -2.25. The van der Waals surface area contributed by atoms with Crippen LogP contribution in [0.1, 0.15) is 52.6 Å². The molecular formula is C78H52N2O9. The Kier molecular flexibility index (Phi) is 14.4.